The summed E-state index contributed by atoms with van der Waals surface area (Å²) in [6.45, 7) is -0.156. The summed E-state index contributed by atoms with van der Waals surface area (Å²) in [5.41, 5.74) is 11.0. The summed E-state index contributed by atoms with van der Waals surface area (Å²) >= 11 is 0. The van der Waals surface area contributed by atoms with E-state index in [9.17, 15) is 25.2 Å². The number of carbonyl (C=O) groups excluding carboxylic acids is 2. The highest BCUT2D eigenvalue weighted by Crippen LogP contribution is 2.49. The molecule has 0 radical (unpaired) electrons. The van der Waals surface area contributed by atoms with Gasteiger partial charge in [0.05, 0.1) is 18.1 Å². The highest BCUT2D eigenvalue weighted by Gasteiger charge is 2.41. The molecule has 3 heterocycles. The van der Waals surface area contributed by atoms with Crippen molar-refractivity contribution in [2.24, 2.45) is 17.8 Å². The van der Waals surface area contributed by atoms with Crippen molar-refractivity contribution in [3.05, 3.63) is 194 Å². The molecule has 72 heavy (non-hydrogen) atoms. The van der Waals surface area contributed by atoms with Crippen molar-refractivity contribution in [3.8, 4) is 17.2 Å². The Morgan fingerprint density at radius 1 is 0.792 bits per heavy atom. The van der Waals surface area contributed by atoms with E-state index in [2.05, 4.69) is 53.5 Å². The molecule has 11 rings (SSSR count). The van der Waals surface area contributed by atoms with Crippen LogP contribution >= 0.6 is 0 Å². The Balaban J connectivity index is 1.01. The number of allylic oxidation sites excluding steroid dienone is 2. The van der Waals surface area contributed by atoms with E-state index in [1.807, 2.05) is 72.9 Å². The van der Waals surface area contributed by atoms with Crippen LogP contribution in [0, 0.1) is 17.8 Å². The average molecular weight is 962 g/mol. The lowest BCUT2D eigenvalue weighted by Crippen LogP contribution is -2.37. The second-order valence-corrected chi connectivity index (χ2v) is 20.8. The number of benzene rings is 4. The summed E-state index contributed by atoms with van der Waals surface area (Å²) in [4.78, 5) is 38.6. The van der Waals surface area contributed by atoms with Crippen molar-refractivity contribution in [1.82, 2.24) is 9.97 Å². The number of aromatic amines is 1. The van der Waals surface area contributed by atoms with Crippen LogP contribution in [0.3, 0.4) is 0 Å². The van der Waals surface area contributed by atoms with Gasteiger partial charge in [-0.3, -0.25) is 9.59 Å². The van der Waals surface area contributed by atoms with Crippen LogP contribution in [0.1, 0.15) is 130 Å². The summed E-state index contributed by atoms with van der Waals surface area (Å²) in [7, 11) is 0. The van der Waals surface area contributed by atoms with Crippen LogP contribution in [0.2, 0.25) is 0 Å². The number of fused-ring (bicyclic) bond motifs is 8. The predicted molar refractivity (Wildman–Crippen MR) is 280 cm³/mol. The minimum atomic E-state index is -1.06. The number of H-pyrrole nitrogens is 1. The Kier molecular flexibility index (Phi) is 13.6. The number of ketones is 2. The Morgan fingerprint density at radius 2 is 1.65 bits per heavy atom. The van der Waals surface area contributed by atoms with Crippen LogP contribution in [-0.2, 0) is 35.3 Å². The Labute approximate surface area is 421 Å². The van der Waals surface area contributed by atoms with Crippen molar-refractivity contribution in [3.63, 3.8) is 0 Å². The fourth-order valence-corrected chi connectivity index (χ4v) is 12.5. The Morgan fingerprint density at radius 3 is 2.50 bits per heavy atom. The Bertz CT molecular complexity index is 3050. The van der Waals surface area contributed by atoms with Crippen molar-refractivity contribution in [2.75, 3.05) is 13.2 Å². The molecule has 7 atom stereocenters. The van der Waals surface area contributed by atoms with Gasteiger partial charge in [0, 0.05) is 48.3 Å². The molecule has 1 aliphatic heterocycles. The molecule has 5 aliphatic rings. The number of nitrogens with zero attached hydrogens (tertiary/aromatic N) is 2. The van der Waals surface area contributed by atoms with Crippen LogP contribution in [-0.4, -0.2) is 62.3 Å². The zero-order valence-electron chi connectivity index (χ0n) is 40.6. The molecule has 0 amide bonds. The van der Waals surface area contributed by atoms with Gasteiger partial charge in [0.2, 0.25) is 0 Å². The summed E-state index contributed by atoms with van der Waals surface area (Å²) in [6.07, 6.45) is 20.8. The summed E-state index contributed by atoms with van der Waals surface area (Å²) in [6, 6.07) is 30.0. The van der Waals surface area contributed by atoms with E-state index >= 15 is 4.79 Å². The molecule has 1 fully saturated rings. The third-order valence-corrected chi connectivity index (χ3v) is 16.2. The summed E-state index contributed by atoms with van der Waals surface area (Å²) in [5, 5.41) is 50.5. The smallest absolute Gasteiger partial charge is 0.161 e. The molecule has 4 bridgehead atoms. The molecule has 5 N–H and O–H groups in total. The highest BCUT2D eigenvalue weighted by atomic mass is 16.5. The number of nitrogens with one attached hydrogen (secondary N) is 1. The lowest BCUT2D eigenvalue weighted by Gasteiger charge is -2.38. The van der Waals surface area contributed by atoms with Crippen LogP contribution in [0.25, 0.3) is 17.5 Å². The second kappa shape index (κ2) is 20.7. The van der Waals surface area contributed by atoms with Gasteiger partial charge >= 0.3 is 0 Å². The van der Waals surface area contributed by atoms with Gasteiger partial charge in [-0.25, -0.2) is 0 Å². The number of carbonyl (C=O) groups is 2. The van der Waals surface area contributed by atoms with E-state index in [1.165, 1.54) is 0 Å². The van der Waals surface area contributed by atoms with Gasteiger partial charge in [-0.1, -0.05) is 132 Å². The normalized spacial score (nSPS) is 23.5. The van der Waals surface area contributed by atoms with E-state index in [0.29, 0.717) is 42.8 Å². The molecule has 0 saturated heterocycles. The molecule has 370 valence electrons. The molecule has 2 aromatic heterocycles. The molecule has 10 heteroatoms. The van der Waals surface area contributed by atoms with Crippen LogP contribution < -0.4 is 9.72 Å². The number of rotatable bonds is 9. The fourth-order valence-electron chi connectivity index (χ4n) is 12.5. The molecule has 10 nitrogen and oxygen atoms in total. The fraction of sp³-hybridized carbons (Fsp3) is 0.355. The third-order valence-electron chi connectivity index (χ3n) is 16.2. The number of hydrogen-bond donors (Lipinski definition) is 5. The largest absolute Gasteiger partial charge is 0.664 e. The number of ether oxygens (including phenoxy) is 1. The average Bonchev–Trinajstić information content (AvgIpc) is 4.17. The number of aromatic hydroxyl groups is 2. The second-order valence-electron chi connectivity index (χ2n) is 20.8. The number of phenols is 2. The first kappa shape index (κ1) is 47.4. The van der Waals surface area contributed by atoms with Gasteiger partial charge in [0.15, 0.2) is 17.3 Å². The van der Waals surface area contributed by atoms with E-state index in [0.717, 1.165) is 99.9 Å². The first-order valence-electron chi connectivity index (χ1n) is 26.1. The van der Waals surface area contributed by atoms with Crippen molar-refractivity contribution in [1.29, 1.82) is 0 Å². The molecular formula is C62H63N3O7-2. The minimum Gasteiger partial charge on any atom is -0.664 e. The third kappa shape index (κ3) is 9.62. The number of aromatic nitrogens is 2. The molecule has 0 spiro atoms. The zero-order chi connectivity index (χ0) is 49.3. The molecule has 4 aromatic carbocycles. The molecular weight excluding hydrogens is 899 g/mol. The van der Waals surface area contributed by atoms with E-state index < -0.39 is 17.9 Å². The standard InChI is InChI=1S/C62H63N3O7/c66-28-25-51-56(68)22-16-40-30-42(60(70)58(34-40)72-44-10-4-5-11-44)29-39-15-19-46-49(57(69)33-37-7-2-1-3-8-37)21-20-47(52(46)32-39)50-24-27-64-62(50)65-36-43-35-54-48(23-26-63-54)53(59(43)61(51)71)31-38-13-17-41-9-6-12-55(67)45(41)18-14-38/h1-3,6-9,12,14-15,18-21,23-24,26-27,30,32,34-35,38,44,47,49,51,53,57,59,64,66-67,69-70H,4-5,10-11,13,16-17,22,25,28-29,31,33,36H2/q-2/t38-,47+,49+,51-,53-,57+,59+/m0/s1. The van der Waals surface area contributed by atoms with Crippen LogP contribution in [0.5, 0.6) is 17.2 Å². The van der Waals surface area contributed by atoms with Crippen molar-refractivity contribution in [2.45, 2.75) is 107 Å². The van der Waals surface area contributed by atoms with Crippen molar-refractivity contribution >= 4 is 29.5 Å². The highest BCUT2D eigenvalue weighted by molar-refractivity contribution is 6.05. The lowest BCUT2D eigenvalue weighted by molar-refractivity contribution is -0.135. The quantitative estimate of drug-likeness (QED) is 0.0705. The van der Waals surface area contributed by atoms with Crippen LogP contribution in [0.15, 0.2) is 127 Å². The number of aliphatic hydroxyl groups excluding tert-OH is 2. The maximum atomic E-state index is 15.6. The molecule has 6 aromatic rings. The number of aliphatic hydroxyl groups is 2. The monoisotopic (exact) mass is 961 g/mol. The van der Waals surface area contributed by atoms with Crippen molar-refractivity contribution < 1.29 is 34.8 Å². The maximum Gasteiger partial charge on any atom is 0.161 e. The number of phenolic OH excluding ortho intramolecular Hbond substituents is 2. The molecule has 1 saturated carbocycles. The number of hydrogen-bond acceptors (Lipinski definition) is 7. The van der Waals surface area contributed by atoms with E-state index in [1.54, 1.807) is 12.3 Å². The topological polar surface area (TPSA) is 168 Å². The van der Waals surface area contributed by atoms with E-state index in [4.69, 9.17) is 15.0 Å². The summed E-state index contributed by atoms with van der Waals surface area (Å²) < 4.78 is 6.54. The predicted octanol–water partition coefficient (Wildman–Crippen LogP) is 11.2. The Hall–Kier alpha value is -6.88. The maximum absolute atomic E-state index is 15.6. The SMILES string of the molecule is O=C1CCc2cc(c(O)c(OC3CCCC3)c2)Cc2ccc3c(c2)[C@H](C=C[C@H]3[C@H](O)Cc2ccccc2)c2cc[nH]c2[N-]CC2=Cc3[n-]ccc3[C@H](C[C@@H]3C=Cc4c(O)cccc4CC3)[C@@H]2C(=O)[C@H]1CCO. The van der Waals surface area contributed by atoms with Gasteiger partial charge in [-0.15, -0.1) is 5.69 Å². The van der Waals surface area contributed by atoms with Gasteiger partial charge in [0.1, 0.15) is 11.5 Å². The lowest BCUT2D eigenvalue weighted by atomic mass is 9.67. The summed E-state index contributed by atoms with van der Waals surface area (Å²) in [5.74, 6) is -1.63. The van der Waals surface area contributed by atoms with Gasteiger partial charge in [0.25, 0.3) is 0 Å². The van der Waals surface area contributed by atoms with Gasteiger partial charge in [-0.2, -0.15) is 6.20 Å². The molecule has 4 aliphatic carbocycles. The first-order valence-corrected chi connectivity index (χ1v) is 26.1. The van der Waals surface area contributed by atoms with Crippen LogP contribution in [0.4, 0.5) is 5.82 Å². The number of aryl methyl sites for hydroxylation is 2. The molecule has 0 unspecified atom stereocenters. The minimum absolute atomic E-state index is 0.0000193. The zero-order valence-corrected chi connectivity index (χ0v) is 40.6. The number of Topliss-reactive ketones (excluding diaryl/α,β-unsaturated/α-hetero) is 2. The first-order chi connectivity index (χ1) is 35.2. The van der Waals surface area contributed by atoms with Gasteiger partial charge in [-0.05, 0) is 134 Å². The van der Waals surface area contributed by atoms with E-state index in [-0.39, 0.29) is 78.8 Å². The van der Waals surface area contributed by atoms with Gasteiger partial charge < -0.3 is 40.4 Å².